The van der Waals surface area contributed by atoms with E-state index < -0.39 is 11.4 Å². The second-order valence-corrected chi connectivity index (χ2v) is 5.15. The van der Waals surface area contributed by atoms with Crippen molar-refractivity contribution in [1.82, 2.24) is 9.88 Å². The monoisotopic (exact) mass is 264 g/mol. The van der Waals surface area contributed by atoms with Gasteiger partial charge in [0.05, 0.1) is 11.7 Å². The smallest absolute Gasteiger partial charge is 0.184 e. The molecule has 0 unspecified atom stereocenters. The molecular weight excluding hydrogens is 243 g/mol. The Bertz CT molecular complexity index is 451. The second kappa shape index (κ2) is 5.78. The first-order chi connectivity index (χ1) is 9.14. The van der Waals surface area contributed by atoms with E-state index in [4.69, 9.17) is 0 Å². The van der Waals surface area contributed by atoms with Crippen LogP contribution in [0, 0.1) is 5.82 Å². The third-order valence-electron chi connectivity index (χ3n) is 4.27. The Morgan fingerprint density at radius 1 is 1.32 bits per heavy atom. The van der Waals surface area contributed by atoms with Gasteiger partial charge in [0.1, 0.15) is 5.82 Å². The molecule has 4 heteroatoms. The zero-order chi connectivity index (χ0) is 13.9. The summed E-state index contributed by atoms with van der Waals surface area (Å²) < 4.78 is 13.3. The predicted octanol–water partition coefficient (Wildman–Crippen LogP) is 3.06. The van der Waals surface area contributed by atoms with Crippen LogP contribution < -0.4 is 0 Å². The Morgan fingerprint density at radius 3 is 2.47 bits per heavy atom. The van der Waals surface area contributed by atoms with Crippen LogP contribution in [0.1, 0.15) is 49.9 Å². The van der Waals surface area contributed by atoms with E-state index in [0.717, 1.165) is 45.0 Å². The van der Waals surface area contributed by atoms with Gasteiger partial charge in [-0.3, -0.25) is 14.7 Å². The highest BCUT2D eigenvalue weighted by Gasteiger charge is 2.42. The third-order valence-corrected chi connectivity index (χ3v) is 4.27. The van der Waals surface area contributed by atoms with Gasteiger partial charge in [-0.1, -0.05) is 13.8 Å². The molecule has 1 aromatic heterocycles. The van der Waals surface area contributed by atoms with Crippen molar-refractivity contribution in [2.45, 2.75) is 45.1 Å². The zero-order valence-corrected chi connectivity index (χ0v) is 11.7. The van der Waals surface area contributed by atoms with Crippen LogP contribution in [-0.4, -0.2) is 34.3 Å². The summed E-state index contributed by atoms with van der Waals surface area (Å²) in [5, 5.41) is 0. The Morgan fingerprint density at radius 2 is 1.95 bits per heavy atom. The predicted molar refractivity (Wildman–Crippen MR) is 72.6 cm³/mol. The van der Waals surface area contributed by atoms with Gasteiger partial charge in [0, 0.05) is 11.8 Å². The van der Waals surface area contributed by atoms with Crippen molar-refractivity contribution in [3.8, 4) is 0 Å². The fourth-order valence-electron chi connectivity index (χ4n) is 3.11. The van der Waals surface area contributed by atoms with Crippen LogP contribution in [0.5, 0.6) is 0 Å². The first kappa shape index (κ1) is 14.1. The molecule has 1 aliphatic rings. The number of pyridine rings is 1. The van der Waals surface area contributed by atoms with Crippen LogP contribution in [0.4, 0.5) is 4.39 Å². The highest BCUT2D eigenvalue weighted by atomic mass is 19.1. The average Bonchev–Trinajstić information content (AvgIpc) is 2.95. The minimum atomic E-state index is -0.494. The van der Waals surface area contributed by atoms with Crippen molar-refractivity contribution < 1.29 is 9.18 Å². The molecule has 0 atom stereocenters. The SMILES string of the molecule is CCC(CC)(C(=O)c1cncc(F)c1)N1CCCC1. The van der Waals surface area contributed by atoms with Crippen LogP contribution >= 0.6 is 0 Å². The molecule has 0 saturated carbocycles. The van der Waals surface area contributed by atoms with Crippen molar-refractivity contribution in [3.63, 3.8) is 0 Å². The molecular formula is C15H21FN2O. The summed E-state index contributed by atoms with van der Waals surface area (Å²) in [4.78, 5) is 18.9. The number of hydrogen-bond donors (Lipinski definition) is 0. The molecule has 1 aliphatic heterocycles. The fraction of sp³-hybridized carbons (Fsp3) is 0.600. The lowest BCUT2D eigenvalue weighted by Gasteiger charge is -2.39. The number of nitrogens with zero attached hydrogens (tertiary/aromatic N) is 2. The summed E-state index contributed by atoms with van der Waals surface area (Å²) in [5.41, 5.74) is -0.109. The maximum Gasteiger partial charge on any atom is 0.184 e. The minimum Gasteiger partial charge on any atom is -0.292 e. The van der Waals surface area contributed by atoms with Crippen molar-refractivity contribution in [3.05, 3.63) is 29.8 Å². The van der Waals surface area contributed by atoms with E-state index in [1.807, 2.05) is 13.8 Å². The Kier molecular flexibility index (Phi) is 4.30. The van der Waals surface area contributed by atoms with Crippen molar-refractivity contribution in [1.29, 1.82) is 0 Å². The summed E-state index contributed by atoms with van der Waals surface area (Å²) in [6, 6.07) is 1.30. The second-order valence-electron chi connectivity index (χ2n) is 5.15. The normalized spacial score (nSPS) is 16.8. The molecule has 0 radical (unpaired) electrons. The summed E-state index contributed by atoms with van der Waals surface area (Å²) in [6.45, 7) is 5.98. The Labute approximate surface area is 113 Å². The van der Waals surface area contributed by atoms with Gasteiger partial charge in [0.25, 0.3) is 0 Å². The van der Waals surface area contributed by atoms with Crippen LogP contribution in [0.25, 0.3) is 0 Å². The number of carbonyl (C=O) groups is 1. The summed E-state index contributed by atoms with van der Waals surface area (Å²) in [7, 11) is 0. The molecule has 1 aromatic rings. The molecule has 1 saturated heterocycles. The van der Waals surface area contributed by atoms with Crippen molar-refractivity contribution >= 4 is 5.78 Å². The molecule has 19 heavy (non-hydrogen) atoms. The molecule has 1 fully saturated rings. The first-order valence-electron chi connectivity index (χ1n) is 7.04. The van der Waals surface area contributed by atoms with E-state index in [9.17, 15) is 9.18 Å². The molecule has 104 valence electrons. The lowest BCUT2D eigenvalue weighted by Crippen LogP contribution is -2.52. The van der Waals surface area contributed by atoms with Crippen molar-refractivity contribution in [2.24, 2.45) is 0 Å². The molecule has 0 N–H and O–H groups in total. The third kappa shape index (κ3) is 2.54. The van der Waals surface area contributed by atoms with Gasteiger partial charge in [-0.15, -0.1) is 0 Å². The lowest BCUT2D eigenvalue weighted by molar-refractivity contribution is 0.0580. The average molecular weight is 264 g/mol. The van der Waals surface area contributed by atoms with E-state index in [-0.39, 0.29) is 5.78 Å². The Hall–Kier alpha value is -1.29. The van der Waals surface area contributed by atoms with Crippen molar-refractivity contribution in [2.75, 3.05) is 13.1 Å². The maximum absolute atomic E-state index is 13.3. The van der Waals surface area contributed by atoms with E-state index in [1.165, 1.54) is 12.3 Å². The number of Topliss-reactive ketones (excluding diaryl/α,β-unsaturated/α-hetero) is 1. The topological polar surface area (TPSA) is 33.2 Å². The number of rotatable bonds is 5. The largest absolute Gasteiger partial charge is 0.292 e. The molecule has 2 rings (SSSR count). The number of likely N-dealkylation sites (tertiary alicyclic amines) is 1. The molecule has 2 heterocycles. The molecule has 0 spiro atoms. The highest BCUT2D eigenvalue weighted by molar-refractivity contribution is 6.03. The van der Waals surface area contributed by atoms with Gasteiger partial charge in [-0.05, 0) is 44.8 Å². The van der Waals surface area contributed by atoms with Crippen LogP contribution in [-0.2, 0) is 0 Å². The van der Waals surface area contributed by atoms with E-state index in [2.05, 4.69) is 9.88 Å². The zero-order valence-electron chi connectivity index (χ0n) is 11.7. The Balaban J connectivity index is 2.35. The van der Waals surface area contributed by atoms with Gasteiger partial charge in [0.2, 0.25) is 0 Å². The van der Waals surface area contributed by atoms with Crippen LogP contribution in [0.3, 0.4) is 0 Å². The molecule has 0 aliphatic carbocycles. The summed E-state index contributed by atoms with van der Waals surface area (Å²) >= 11 is 0. The summed E-state index contributed by atoms with van der Waals surface area (Å²) in [6.07, 6.45) is 6.37. The van der Waals surface area contributed by atoms with Gasteiger partial charge < -0.3 is 0 Å². The number of aromatic nitrogens is 1. The standard InChI is InChI=1S/C15H21FN2O/c1-3-15(4-2,18-7-5-6-8-18)14(19)12-9-13(16)11-17-10-12/h9-11H,3-8H2,1-2H3. The van der Waals surface area contributed by atoms with E-state index in [0.29, 0.717) is 5.56 Å². The number of carbonyl (C=O) groups excluding carboxylic acids is 1. The number of halogens is 1. The van der Waals surface area contributed by atoms with Gasteiger partial charge >= 0.3 is 0 Å². The molecule has 0 amide bonds. The molecule has 0 bridgehead atoms. The van der Waals surface area contributed by atoms with E-state index in [1.54, 1.807) is 0 Å². The molecule has 3 nitrogen and oxygen atoms in total. The lowest BCUT2D eigenvalue weighted by atomic mass is 9.83. The van der Waals surface area contributed by atoms with Gasteiger partial charge in [-0.2, -0.15) is 0 Å². The number of ketones is 1. The highest BCUT2D eigenvalue weighted by Crippen LogP contribution is 2.31. The van der Waals surface area contributed by atoms with Gasteiger partial charge in [-0.25, -0.2) is 4.39 Å². The summed E-state index contributed by atoms with van der Waals surface area (Å²) in [5.74, 6) is -0.445. The first-order valence-corrected chi connectivity index (χ1v) is 7.04. The maximum atomic E-state index is 13.3. The molecule has 0 aromatic carbocycles. The van der Waals surface area contributed by atoms with Gasteiger partial charge in [0.15, 0.2) is 5.78 Å². The minimum absolute atomic E-state index is 0.00593. The van der Waals surface area contributed by atoms with Crippen LogP contribution in [0.15, 0.2) is 18.5 Å². The number of hydrogen-bond acceptors (Lipinski definition) is 3. The quantitative estimate of drug-likeness (QED) is 0.766. The fourth-order valence-corrected chi connectivity index (χ4v) is 3.11. The van der Waals surface area contributed by atoms with E-state index >= 15 is 0 Å². The van der Waals surface area contributed by atoms with Crippen LogP contribution in [0.2, 0.25) is 0 Å².